The van der Waals surface area contributed by atoms with Gasteiger partial charge in [0.1, 0.15) is 0 Å². The van der Waals surface area contributed by atoms with Crippen LogP contribution in [0.1, 0.15) is 34.0 Å². The highest BCUT2D eigenvalue weighted by Gasteiger charge is 2.12. The molecule has 27 heavy (non-hydrogen) atoms. The van der Waals surface area contributed by atoms with Crippen LogP contribution in [0.25, 0.3) is 10.2 Å². The Balaban J connectivity index is 2.00. The highest BCUT2D eigenvalue weighted by molar-refractivity contribution is 7.16. The molecule has 0 saturated carbocycles. The molecule has 0 unspecified atom stereocenters. The van der Waals surface area contributed by atoms with Gasteiger partial charge in [0.05, 0.1) is 29.3 Å². The number of carbonyl (C=O) groups is 2. The van der Waals surface area contributed by atoms with Crippen molar-refractivity contribution in [3.8, 4) is 0 Å². The van der Waals surface area contributed by atoms with Crippen LogP contribution < -0.4 is 4.80 Å². The fraction of sp³-hybridized carbons (Fsp3) is 0.286. The molecular weight excluding hydrogens is 360 g/mol. The number of thiazole rings is 1. The standard InChI is InChI=1S/C21H22N2O3S/c1-5-23-17-9-8-15(20(25)26-4)11-18(17)27-21(23)22-19(24)12-16-10-13(2)6-7-14(16)3/h6-11H,5,12H2,1-4H3. The summed E-state index contributed by atoms with van der Waals surface area (Å²) in [6, 6.07) is 11.5. The van der Waals surface area contributed by atoms with Gasteiger partial charge in [-0.2, -0.15) is 4.99 Å². The molecule has 0 aliphatic heterocycles. The number of aryl methyl sites for hydroxylation is 3. The maximum absolute atomic E-state index is 12.6. The van der Waals surface area contributed by atoms with E-state index in [-0.39, 0.29) is 18.3 Å². The van der Waals surface area contributed by atoms with E-state index < -0.39 is 0 Å². The molecule has 0 radical (unpaired) electrons. The van der Waals surface area contributed by atoms with Crippen LogP contribution in [0.15, 0.2) is 41.4 Å². The van der Waals surface area contributed by atoms with Gasteiger partial charge in [-0.25, -0.2) is 4.79 Å². The second kappa shape index (κ2) is 7.88. The summed E-state index contributed by atoms with van der Waals surface area (Å²) in [7, 11) is 1.36. The molecule has 0 aliphatic carbocycles. The molecule has 0 aliphatic rings. The zero-order valence-corrected chi connectivity index (χ0v) is 16.7. The summed E-state index contributed by atoms with van der Waals surface area (Å²) in [5.74, 6) is -0.552. The van der Waals surface area contributed by atoms with E-state index in [0.29, 0.717) is 16.9 Å². The molecule has 0 fully saturated rings. The lowest BCUT2D eigenvalue weighted by molar-refractivity contribution is -0.117. The minimum atomic E-state index is -0.377. The number of rotatable bonds is 4. The van der Waals surface area contributed by atoms with Gasteiger partial charge in [0, 0.05) is 6.54 Å². The second-order valence-electron chi connectivity index (χ2n) is 6.42. The Labute approximate surface area is 161 Å². The third kappa shape index (κ3) is 4.01. The molecule has 0 N–H and O–H groups in total. The largest absolute Gasteiger partial charge is 0.465 e. The second-order valence-corrected chi connectivity index (χ2v) is 7.42. The maximum Gasteiger partial charge on any atom is 0.337 e. The first-order valence-electron chi connectivity index (χ1n) is 8.78. The summed E-state index contributed by atoms with van der Waals surface area (Å²) >= 11 is 1.40. The van der Waals surface area contributed by atoms with Gasteiger partial charge in [0.25, 0.3) is 5.91 Å². The fourth-order valence-electron chi connectivity index (χ4n) is 3.01. The predicted octanol–water partition coefficient (Wildman–Crippen LogP) is 3.80. The number of methoxy groups -OCH3 is 1. The van der Waals surface area contributed by atoms with Gasteiger partial charge in [-0.1, -0.05) is 35.1 Å². The third-order valence-corrected chi connectivity index (χ3v) is 5.53. The van der Waals surface area contributed by atoms with Gasteiger partial charge < -0.3 is 9.30 Å². The molecule has 3 rings (SSSR count). The number of hydrogen-bond acceptors (Lipinski definition) is 4. The quantitative estimate of drug-likeness (QED) is 0.645. The highest BCUT2D eigenvalue weighted by atomic mass is 32.1. The van der Waals surface area contributed by atoms with Crippen molar-refractivity contribution < 1.29 is 14.3 Å². The van der Waals surface area contributed by atoms with Gasteiger partial charge in [-0.3, -0.25) is 4.79 Å². The molecule has 3 aromatic rings. The van der Waals surface area contributed by atoms with Crippen molar-refractivity contribution in [1.82, 2.24) is 4.57 Å². The van der Waals surface area contributed by atoms with Crippen molar-refractivity contribution in [3.63, 3.8) is 0 Å². The molecule has 0 spiro atoms. The van der Waals surface area contributed by atoms with E-state index in [1.165, 1.54) is 18.4 Å². The number of esters is 1. The molecule has 1 heterocycles. The minimum Gasteiger partial charge on any atom is -0.465 e. The molecule has 5 nitrogen and oxygen atoms in total. The molecule has 6 heteroatoms. The van der Waals surface area contributed by atoms with Crippen LogP contribution in [0.2, 0.25) is 0 Å². The maximum atomic E-state index is 12.6. The Bertz CT molecular complexity index is 1090. The highest BCUT2D eigenvalue weighted by Crippen LogP contribution is 2.20. The molecule has 140 valence electrons. The van der Waals surface area contributed by atoms with Crippen LogP contribution in [0.5, 0.6) is 0 Å². The van der Waals surface area contributed by atoms with Crippen LogP contribution in [0, 0.1) is 13.8 Å². The molecule has 2 aromatic carbocycles. The molecule has 0 saturated heterocycles. The van der Waals surface area contributed by atoms with E-state index in [2.05, 4.69) is 4.99 Å². The van der Waals surface area contributed by atoms with Gasteiger partial charge in [-0.15, -0.1) is 0 Å². The summed E-state index contributed by atoms with van der Waals surface area (Å²) < 4.78 is 7.67. The van der Waals surface area contributed by atoms with Gasteiger partial charge >= 0.3 is 5.97 Å². The van der Waals surface area contributed by atoms with Gasteiger partial charge in [0.2, 0.25) is 0 Å². The van der Waals surface area contributed by atoms with Crippen molar-refractivity contribution in [3.05, 3.63) is 63.5 Å². The number of aromatic nitrogens is 1. The number of ether oxygens (including phenoxy) is 1. The van der Waals surface area contributed by atoms with E-state index in [4.69, 9.17) is 4.74 Å². The average Bonchev–Trinajstić information content (AvgIpc) is 2.99. The number of amides is 1. The summed E-state index contributed by atoms with van der Waals surface area (Å²) in [5.41, 5.74) is 4.66. The first-order valence-corrected chi connectivity index (χ1v) is 9.60. The van der Waals surface area contributed by atoms with E-state index in [1.54, 1.807) is 12.1 Å². The number of benzene rings is 2. The smallest absolute Gasteiger partial charge is 0.337 e. The lowest BCUT2D eigenvalue weighted by Gasteiger charge is -2.04. The van der Waals surface area contributed by atoms with Crippen molar-refractivity contribution in [2.24, 2.45) is 4.99 Å². The van der Waals surface area contributed by atoms with E-state index in [9.17, 15) is 9.59 Å². The van der Waals surface area contributed by atoms with Crippen LogP contribution >= 0.6 is 11.3 Å². The Hall–Kier alpha value is -2.73. The zero-order chi connectivity index (χ0) is 19.6. The predicted molar refractivity (Wildman–Crippen MR) is 107 cm³/mol. The fourth-order valence-corrected chi connectivity index (χ4v) is 4.16. The van der Waals surface area contributed by atoms with Crippen molar-refractivity contribution in [2.45, 2.75) is 33.7 Å². The summed E-state index contributed by atoms with van der Waals surface area (Å²) in [5, 5.41) is 0. The summed E-state index contributed by atoms with van der Waals surface area (Å²) in [4.78, 5) is 29.3. The van der Waals surface area contributed by atoms with Crippen LogP contribution in [0.3, 0.4) is 0 Å². The molecule has 0 bridgehead atoms. The summed E-state index contributed by atoms with van der Waals surface area (Å²) in [6.45, 7) is 6.71. The molecule has 1 amide bonds. The number of hydrogen-bond donors (Lipinski definition) is 0. The summed E-state index contributed by atoms with van der Waals surface area (Å²) in [6.07, 6.45) is 0.277. The Kier molecular flexibility index (Phi) is 5.56. The van der Waals surface area contributed by atoms with E-state index in [0.717, 1.165) is 26.9 Å². The van der Waals surface area contributed by atoms with Crippen molar-refractivity contribution in [2.75, 3.05) is 7.11 Å². The monoisotopic (exact) mass is 382 g/mol. The first-order chi connectivity index (χ1) is 12.9. The number of nitrogens with zero attached hydrogens (tertiary/aromatic N) is 2. The Morgan fingerprint density at radius 2 is 1.93 bits per heavy atom. The third-order valence-electron chi connectivity index (χ3n) is 4.49. The van der Waals surface area contributed by atoms with Crippen LogP contribution in [-0.2, 0) is 22.5 Å². The van der Waals surface area contributed by atoms with Crippen LogP contribution in [0.4, 0.5) is 0 Å². The molecule has 1 aromatic heterocycles. The van der Waals surface area contributed by atoms with Crippen molar-refractivity contribution in [1.29, 1.82) is 0 Å². The number of carbonyl (C=O) groups excluding carboxylic acids is 2. The topological polar surface area (TPSA) is 60.7 Å². The van der Waals surface area contributed by atoms with Crippen LogP contribution in [-0.4, -0.2) is 23.6 Å². The van der Waals surface area contributed by atoms with E-state index in [1.807, 2.05) is 49.6 Å². The Morgan fingerprint density at radius 1 is 1.15 bits per heavy atom. The zero-order valence-electron chi connectivity index (χ0n) is 15.9. The number of fused-ring (bicyclic) bond motifs is 1. The lowest BCUT2D eigenvalue weighted by Crippen LogP contribution is -2.16. The van der Waals surface area contributed by atoms with Gasteiger partial charge in [0.15, 0.2) is 4.80 Å². The lowest BCUT2D eigenvalue weighted by atomic mass is 10.0. The van der Waals surface area contributed by atoms with E-state index >= 15 is 0 Å². The van der Waals surface area contributed by atoms with Crippen molar-refractivity contribution >= 4 is 33.4 Å². The van der Waals surface area contributed by atoms with Gasteiger partial charge in [-0.05, 0) is 50.1 Å². The normalized spacial score (nSPS) is 11.8. The minimum absolute atomic E-state index is 0.175. The first kappa shape index (κ1) is 19.0. The SMILES string of the molecule is CCn1c(=NC(=O)Cc2cc(C)ccc2C)sc2cc(C(=O)OC)ccc21. The Morgan fingerprint density at radius 3 is 2.63 bits per heavy atom. The average molecular weight is 382 g/mol. The molecule has 0 atom stereocenters. The molecular formula is C21H22N2O3S.